The van der Waals surface area contributed by atoms with E-state index in [0.29, 0.717) is 27.9 Å². The van der Waals surface area contributed by atoms with Gasteiger partial charge in [0, 0.05) is 16.6 Å². The van der Waals surface area contributed by atoms with Crippen LogP contribution in [0, 0.1) is 6.92 Å². The van der Waals surface area contributed by atoms with Gasteiger partial charge in [-0.25, -0.2) is 0 Å². The van der Waals surface area contributed by atoms with Gasteiger partial charge in [-0.05, 0) is 31.2 Å². The summed E-state index contributed by atoms with van der Waals surface area (Å²) in [6.45, 7) is 1.74. The van der Waals surface area contributed by atoms with E-state index in [2.05, 4.69) is 4.98 Å². The zero-order chi connectivity index (χ0) is 19.0. The first-order valence-corrected chi connectivity index (χ1v) is 7.80. The molecule has 0 unspecified atom stereocenters. The van der Waals surface area contributed by atoms with Gasteiger partial charge in [-0.2, -0.15) is 0 Å². The number of aryl methyl sites for hydroxylation is 1. The number of aromatic amines is 1. The van der Waals surface area contributed by atoms with Crippen LogP contribution >= 0.6 is 0 Å². The van der Waals surface area contributed by atoms with E-state index in [9.17, 15) is 15.0 Å². The number of fused-ring (bicyclic) bond motifs is 1. The number of H-pyrrole nitrogens is 1. The van der Waals surface area contributed by atoms with Crippen molar-refractivity contribution < 1.29 is 29.2 Å². The summed E-state index contributed by atoms with van der Waals surface area (Å²) in [4.78, 5) is 16.2. The number of carbonyl (C=O) groups excluding carboxylic acids is 1. The molecular weight excluding hydrogens is 338 g/mol. The Kier molecular flexibility index (Phi) is 4.38. The molecule has 0 spiro atoms. The van der Waals surface area contributed by atoms with Crippen LogP contribution in [0.15, 0.2) is 24.3 Å². The summed E-state index contributed by atoms with van der Waals surface area (Å²) in [6, 6.07) is 6.20. The van der Waals surface area contributed by atoms with Gasteiger partial charge in [0.05, 0.1) is 32.4 Å². The first kappa shape index (κ1) is 17.5. The summed E-state index contributed by atoms with van der Waals surface area (Å²) in [7, 11) is 4.24. The number of hydrogen-bond donors (Lipinski definition) is 3. The third-order valence-corrected chi connectivity index (χ3v) is 4.29. The van der Waals surface area contributed by atoms with Gasteiger partial charge in [0.15, 0.2) is 28.8 Å². The molecule has 0 aliphatic heterocycles. The molecule has 0 saturated heterocycles. The van der Waals surface area contributed by atoms with Crippen LogP contribution < -0.4 is 14.2 Å². The highest BCUT2D eigenvalue weighted by Gasteiger charge is 2.23. The van der Waals surface area contributed by atoms with Gasteiger partial charge in [-0.15, -0.1) is 0 Å². The number of methoxy groups -OCH3 is 3. The molecule has 2 aromatic carbocycles. The molecule has 0 saturated carbocycles. The Bertz CT molecular complexity index is 980. The number of benzene rings is 2. The normalized spacial score (nSPS) is 10.8. The lowest BCUT2D eigenvalue weighted by Crippen LogP contribution is -2.04. The van der Waals surface area contributed by atoms with Crippen LogP contribution in [-0.2, 0) is 0 Å². The summed E-state index contributed by atoms with van der Waals surface area (Å²) >= 11 is 0. The van der Waals surface area contributed by atoms with Crippen molar-refractivity contribution >= 4 is 16.7 Å². The molecule has 7 nitrogen and oxygen atoms in total. The maximum Gasteiger partial charge on any atom is 0.200 e. The van der Waals surface area contributed by atoms with Crippen LogP contribution in [0.2, 0.25) is 0 Å². The van der Waals surface area contributed by atoms with Crippen molar-refractivity contribution in [3.8, 4) is 28.7 Å². The third kappa shape index (κ3) is 2.57. The molecule has 136 valence electrons. The average Bonchev–Trinajstić information content (AvgIpc) is 2.98. The van der Waals surface area contributed by atoms with E-state index >= 15 is 0 Å². The topological polar surface area (TPSA) is 101 Å². The Labute approximate surface area is 149 Å². The fourth-order valence-corrected chi connectivity index (χ4v) is 2.99. The van der Waals surface area contributed by atoms with Gasteiger partial charge in [0.2, 0.25) is 5.75 Å². The van der Waals surface area contributed by atoms with Crippen LogP contribution in [0.25, 0.3) is 10.9 Å². The maximum absolute atomic E-state index is 13.1. The van der Waals surface area contributed by atoms with E-state index in [4.69, 9.17) is 14.2 Å². The zero-order valence-electron chi connectivity index (χ0n) is 14.8. The van der Waals surface area contributed by atoms with Crippen LogP contribution in [0.4, 0.5) is 0 Å². The van der Waals surface area contributed by atoms with Gasteiger partial charge < -0.3 is 29.4 Å². The molecule has 0 fully saturated rings. The Balaban J connectivity index is 2.20. The van der Waals surface area contributed by atoms with E-state index in [1.54, 1.807) is 19.1 Å². The minimum absolute atomic E-state index is 0.0620. The number of rotatable bonds is 5. The van der Waals surface area contributed by atoms with Gasteiger partial charge in [0.1, 0.15) is 0 Å². The van der Waals surface area contributed by atoms with Crippen molar-refractivity contribution in [2.24, 2.45) is 0 Å². The number of aromatic hydroxyl groups is 2. The fraction of sp³-hybridized carbons (Fsp3) is 0.211. The molecular formula is C19H19NO6. The minimum atomic E-state index is -0.296. The van der Waals surface area contributed by atoms with Crippen molar-refractivity contribution in [2.45, 2.75) is 6.92 Å². The standard InChI is InChI=1S/C19H19NO6/c1-9-15(11-5-6-12(24-2)19(23)16(11)20-9)17(21)10-7-13(25-3)18(22)14(8-10)26-4/h5-8,20,22-23H,1-4H3. The highest BCUT2D eigenvalue weighted by molar-refractivity contribution is 6.18. The highest BCUT2D eigenvalue weighted by atomic mass is 16.5. The number of phenols is 2. The highest BCUT2D eigenvalue weighted by Crippen LogP contribution is 2.40. The molecule has 0 aliphatic rings. The molecule has 1 heterocycles. The smallest absolute Gasteiger partial charge is 0.200 e. The Morgan fingerprint density at radius 1 is 0.923 bits per heavy atom. The Hall–Kier alpha value is -3.35. The van der Waals surface area contributed by atoms with Gasteiger partial charge in [-0.3, -0.25) is 4.79 Å². The second-order valence-electron chi connectivity index (χ2n) is 5.72. The van der Waals surface area contributed by atoms with E-state index in [1.807, 2.05) is 0 Å². The lowest BCUT2D eigenvalue weighted by Gasteiger charge is -2.11. The van der Waals surface area contributed by atoms with Crippen molar-refractivity contribution in [1.29, 1.82) is 0 Å². The van der Waals surface area contributed by atoms with Gasteiger partial charge in [0.25, 0.3) is 0 Å². The molecule has 3 rings (SSSR count). The van der Waals surface area contributed by atoms with Crippen LogP contribution in [-0.4, -0.2) is 42.3 Å². The van der Waals surface area contributed by atoms with E-state index in [-0.39, 0.29) is 34.3 Å². The van der Waals surface area contributed by atoms with Crippen LogP contribution in [0.1, 0.15) is 21.6 Å². The SMILES string of the molecule is COc1cc(C(=O)c2c(C)[nH]c3c(O)c(OC)ccc23)cc(OC)c1O. The minimum Gasteiger partial charge on any atom is -0.503 e. The summed E-state index contributed by atoms with van der Waals surface area (Å²) in [5.74, 6) is 0.0441. The summed E-state index contributed by atoms with van der Waals surface area (Å²) < 4.78 is 15.3. The quantitative estimate of drug-likeness (QED) is 0.607. The van der Waals surface area contributed by atoms with Crippen molar-refractivity contribution in [2.75, 3.05) is 21.3 Å². The molecule has 1 aromatic heterocycles. The second-order valence-corrected chi connectivity index (χ2v) is 5.72. The summed E-state index contributed by atoms with van der Waals surface area (Å²) in [5.41, 5.74) is 1.71. The molecule has 0 aliphatic carbocycles. The molecule has 0 amide bonds. The predicted molar refractivity (Wildman–Crippen MR) is 95.9 cm³/mol. The predicted octanol–water partition coefficient (Wildman–Crippen LogP) is 3.14. The molecule has 0 atom stereocenters. The number of ether oxygens (including phenoxy) is 3. The number of hydrogen-bond acceptors (Lipinski definition) is 6. The first-order valence-electron chi connectivity index (χ1n) is 7.80. The summed E-state index contributed by atoms with van der Waals surface area (Å²) in [5, 5.41) is 20.9. The van der Waals surface area contributed by atoms with Gasteiger partial charge >= 0.3 is 0 Å². The van der Waals surface area contributed by atoms with E-state index in [0.717, 1.165) is 0 Å². The fourth-order valence-electron chi connectivity index (χ4n) is 2.99. The van der Waals surface area contributed by atoms with Crippen molar-refractivity contribution in [3.63, 3.8) is 0 Å². The van der Waals surface area contributed by atoms with Gasteiger partial charge in [-0.1, -0.05) is 0 Å². The third-order valence-electron chi connectivity index (χ3n) is 4.29. The maximum atomic E-state index is 13.1. The Morgan fingerprint density at radius 2 is 1.50 bits per heavy atom. The van der Waals surface area contributed by atoms with E-state index < -0.39 is 0 Å². The number of aromatic nitrogens is 1. The number of carbonyl (C=O) groups is 1. The lowest BCUT2D eigenvalue weighted by atomic mass is 9.99. The van der Waals surface area contributed by atoms with Crippen molar-refractivity contribution in [3.05, 3.63) is 41.1 Å². The lowest BCUT2D eigenvalue weighted by molar-refractivity contribution is 0.103. The number of ketones is 1. The molecule has 26 heavy (non-hydrogen) atoms. The average molecular weight is 357 g/mol. The monoisotopic (exact) mass is 357 g/mol. The van der Waals surface area contributed by atoms with Crippen molar-refractivity contribution in [1.82, 2.24) is 4.98 Å². The first-order chi connectivity index (χ1) is 12.4. The van der Waals surface area contributed by atoms with E-state index in [1.165, 1.54) is 33.5 Å². The molecule has 0 bridgehead atoms. The Morgan fingerprint density at radius 3 is 2.04 bits per heavy atom. The zero-order valence-corrected chi connectivity index (χ0v) is 14.8. The van der Waals surface area contributed by atoms with Crippen LogP contribution in [0.5, 0.6) is 28.7 Å². The number of nitrogens with one attached hydrogen (secondary N) is 1. The second kappa shape index (κ2) is 6.51. The molecule has 3 aromatic rings. The molecule has 0 radical (unpaired) electrons. The molecule has 7 heteroatoms. The largest absolute Gasteiger partial charge is 0.503 e. The molecule has 3 N–H and O–H groups in total. The number of phenolic OH excluding ortho intramolecular Hbond substituents is 2. The van der Waals surface area contributed by atoms with Crippen LogP contribution in [0.3, 0.4) is 0 Å². The summed E-state index contributed by atoms with van der Waals surface area (Å²) in [6.07, 6.45) is 0.